The van der Waals surface area contributed by atoms with Crippen LogP contribution >= 0.6 is 11.3 Å². The van der Waals surface area contributed by atoms with Gasteiger partial charge in [-0.2, -0.15) is 0 Å². The Bertz CT molecular complexity index is 1070. The minimum absolute atomic E-state index is 0.389. The van der Waals surface area contributed by atoms with Crippen molar-refractivity contribution in [1.82, 2.24) is 9.97 Å². The van der Waals surface area contributed by atoms with Crippen molar-refractivity contribution >= 4 is 27.4 Å². The molecule has 2 unspecified atom stereocenters. The van der Waals surface area contributed by atoms with E-state index in [1.807, 2.05) is 0 Å². The van der Waals surface area contributed by atoms with E-state index in [0.29, 0.717) is 16.9 Å². The van der Waals surface area contributed by atoms with Gasteiger partial charge in [0.05, 0.1) is 5.39 Å². The quantitative estimate of drug-likeness (QED) is 0.507. The molecular weight excluding hydrogens is 362 g/mol. The van der Waals surface area contributed by atoms with Gasteiger partial charge < -0.3 is 4.90 Å². The van der Waals surface area contributed by atoms with Gasteiger partial charge in [-0.1, -0.05) is 44.5 Å². The Morgan fingerprint density at radius 3 is 2.68 bits per heavy atom. The number of aromatic nitrogens is 2. The first-order valence-electron chi connectivity index (χ1n) is 10.3. The third-order valence-corrected chi connectivity index (χ3v) is 7.60. The highest BCUT2D eigenvalue weighted by Gasteiger charge is 2.50. The van der Waals surface area contributed by atoms with E-state index < -0.39 is 0 Å². The molecule has 1 aromatic carbocycles. The number of benzene rings is 1. The number of hydrogen-bond acceptors (Lipinski definition) is 4. The second kappa shape index (κ2) is 6.03. The lowest BCUT2D eigenvalue weighted by Crippen LogP contribution is -2.35. The SMILES string of the molecule is Cc1ccc(-c2csc3ncnc(N4CC5(C)CC4CC(C)(C)C5)c23)c(C)c1. The van der Waals surface area contributed by atoms with Gasteiger partial charge in [0.25, 0.3) is 0 Å². The van der Waals surface area contributed by atoms with E-state index in [9.17, 15) is 0 Å². The standard InChI is InChI=1S/C24H29N3S/c1-15-6-7-18(16(2)8-15)19-11-28-22-20(19)21(25-14-26-22)27-13-24(5)10-17(27)9-23(3,4)12-24/h6-8,11,14,17H,9-10,12-13H2,1-5H3. The summed E-state index contributed by atoms with van der Waals surface area (Å²) >= 11 is 1.74. The van der Waals surface area contributed by atoms with Gasteiger partial charge >= 0.3 is 0 Å². The second-order valence-electron chi connectivity index (χ2n) is 10.2. The first-order chi connectivity index (χ1) is 13.2. The lowest BCUT2D eigenvalue weighted by atomic mass is 9.65. The smallest absolute Gasteiger partial charge is 0.141 e. The highest BCUT2D eigenvalue weighted by atomic mass is 32.1. The number of nitrogens with zero attached hydrogens (tertiary/aromatic N) is 3. The molecule has 2 bridgehead atoms. The summed E-state index contributed by atoms with van der Waals surface area (Å²) in [4.78, 5) is 13.2. The van der Waals surface area contributed by atoms with Crippen LogP contribution in [0.5, 0.6) is 0 Å². The third-order valence-electron chi connectivity index (χ3n) is 6.71. The fourth-order valence-electron chi connectivity index (χ4n) is 6.10. The topological polar surface area (TPSA) is 29.0 Å². The van der Waals surface area contributed by atoms with Crippen LogP contribution in [0.1, 0.15) is 51.2 Å². The number of rotatable bonds is 2. The minimum atomic E-state index is 0.389. The monoisotopic (exact) mass is 391 g/mol. The van der Waals surface area contributed by atoms with Crippen molar-refractivity contribution in [1.29, 1.82) is 0 Å². The summed E-state index contributed by atoms with van der Waals surface area (Å²) in [5.74, 6) is 1.15. The van der Waals surface area contributed by atoms with Crippen LogP contribution in [0.4, 0.5) is 5.82 Å². The molecule has 1 saturated heterocycles. The van der Waals surface area contributed by atoms with E-state index in [4.69, 9.17) is 4.98 Å². The predicted molar refractivity (Wildman–Crippen MR) is 119 cm³/mol. The first kappa shape index (κ1) is 18.1. The largest absolute Gasteiger partial charge is 0.352 e. The zero-order valence-corrected chi connectivity index (χ0v) is 18.4. The number of aryl methyl sites for hydroxylation is 2. The molecule has 3 heterocycles. The van der Waals surface area contributed by atoms with Crippen molar-refractivity contribution in [3.8, 4) is 11.1 Å². The van der Waals surface area contributed by atoms with Crippen molar-refractivity contribution in [3.63, 3.8) is 0 Å². The van der Waals surface area contributed by atoms with Gasteiger partial charge in [-0.05, 0) is 55.1 Å². The molecule has 146 valence electrons. The van der Waals surface area contributed by atoms with Crippen molar-refractivity contribution in [2.24, 2.45) is 10.8 Å². The van der Waals surface area contributed by atoms with Crippen LogP contribution in [0.2, 0.25) is 0 Å². The Hall–Kier alpha value is -1.94. The molecule has 4 heteroatoms. The van der Waals surface area contributed by atoms with Gasteiger partial charge in [-0.25, -0.2) is 9.97 Å². The predicted octanol–water partition coefficient (Wildman–Crippen LogP) is 6.38. The molecular formula is C24H29N3S. The summed E-state index contributed by atoms with van der Waals surface area (Å²) in [5.41, 5.74) is 6.02. The zero-order chi connectivity index (χ0) is 19.7. The van der Waals surface area contributed by atoms with Gasteiger partial charge in [-0.3, -0.25) is 0 Å². The van der Waals surface area contributed by atoms with E-state index in [2.05, 4.69) is 68.1 Å². The molecule has 0 spiro atoms. The molecule has 1 saturated carbocycles. The molecule has 1 aliphatic heterocycles. The minimum Gasteiger partial charge on any atom is -0.352 e. The van der Waals surface area contributed by atoms with Crippen LogP contribution in [-0.2, 0) is 0 Å². The summed E-state index contributed by atoms with van der Waals surface area (Å²) in [5, 5.41) is 3.52. The van der Waals surface area contributed by atoms with Gasteiger partial charge in [0, 0.05) is 23.5 Å². The summed E-state index contributed by atoms with van der Waals surface area (Å²) in [7, 11) is 0. The van der Waals surface area contributed by atoms with Crippen LogP contribution in [0, 0.1) is 24.7 Å². The third kappa shape index (κ3) is 2.85. The molecule has 0 radical (unpaired) electrons. The van der Waals surface area contributed by atoms with Gasteiger partial charge in [0.15, 0.2) is 0 Å². The molecule has 3 aromatic rings. The van der Waals surface area contributed by atoms with E-state index >= 15 is 0 Å². The fourth-order valence-corrected chi connectivity index (χ4v) is 7.00. The Kier molecular flexibility index (Phi) is 3.90. The van der Waals surface area contributed by atoms with Crippen LogP contribution < -0.4 is 4.90 Å². The van der Waals surface area contributed by atoms with Crippen molar-refractivity contribution < 1.29 is 0 Å². The molecule has 2 aliphatic rings. The summed E-state index contributed by atoms with van der Waals surface area (Å²) in [6.45, 7) is 12.8. The van der Waals surface area contributed by atoms with Gasteiger partial charge in [0.2, 0.25) is 0 Å². The Balaban J connectivity index is 1.66. The van der Waals surface area contributed by atoms with Crippen LogP contribution in [-0.4, -0.2) is 22.6 Å². The molecule has 3 nitrogen and oxygen atoms in total. The number of thiophene rings is 1. The number of hydrogen-bond donors (Lipinski definition) is 0. The highest BCUT2D eigenvalue weighted by molar-refractivity contribution is 7.17. The summed E-state index contributed by atoms with van der Waals surface area (Å²) < 4.78 is 0. The van der Waals surface area contributed by atoms with Crippen LogP contribution in [0.15, 0.2) is 29.9 Å². The second-order valence-corrected chi connectivity index (χ2v) is 11.0. The first-order valence-corrected chi connectivity index (χ1v) is 11.2. The Morgan fingerprint density at radius 1 is 1.07 bits per heavy atom. The average Bonchev–Trinajstić information content (AvgIpc) is 3.12. The maximum absolute atomic E-state index is 4.86. The number of anilines is 1. The van der Waals surface area contributed by atoms with E-state index in [1.54, 1.807) is 17.7 Å². The molecule has 2 atom stereocenters. The van der Waals surface area contributed by atoms with Crippen molar-refractivity contribution in [2.75, 3.05) is 11.4 Å². The van der Waals surface area contributed by atoms with Crippen LogP contribution in [0.25, 0.3) is 21.3 Å². The van der Waals surface area contributed by atoms with Gasteiger partial charge in [-0.15, -0.1) is 11.3 Å². The highest BCUT2D eigenvalue weighted by Crippen LogP contribution is 2.54. The molecule has 2 fully saturated rings. The zero-order valence-electron chi connectivity index (χ0n) is 17.5. The summed E-state index contributed by atoms with van der Waals surface area (Å²) in [6, 6.07) is 7.32. The summed E-state index contributed by atoms with van der Waals surface area (Å²) in [6.07, 6.45) is 5.59. The van der Waals surface area contributed by atoms with E-state index in [0.717, 1.165) is 17.2 Å². The van der Waals surface area contributed by atoms with Crippen LogP contribution in [0.3, 0.4) is 0 Å². The van der Waals surface area contributed by atoms with E-state index in [1.165, 1.54) is 46.9 Å². The van der Waals surface area contributed by atoms with Crippen molar-refractivity contribution in [3.05, 3.63) is 41.0 Å². The normalized spacial score (nSPS) is 26.2. The van der Waals surface area contributed by atoms with E-state index in [-0.39, 0.29) is 0 Å². The fraction of sp³-hybridized carbons (Fsp3) is 0.500. The maximum Gasteiger partial charge on any atom is 0.141 e. The molecule has 28 heavy (non-hydrogen) atoms. The molecule has 1 aliphatic carbocycles. The lowest BCUT2D eigenvalue weighted by Gasteiger charge is -2.39. The maximum atomic E-state index is 4.86. The van der Waals surface area contributed by atoms with Crippen molar-refractivity contribution in [2.45, 2.75) is 59.9 Å². The average molecular weight is 392 g/mol. The Morgan fingerprint density at radius 2 is 1.89 bits per heavy atom. The molecule has 5 rings (SSSR count). The lowest BCUT2D eigenvalue weighted by molar-refractivity contribution is 0.136. The molecule has 2 aromatic heterocycles. The Labute approximate surface area is 171 Å². The molecule has 0 amide bonds. The molecule has 0 N–H and O–H groups in total. The number of fused-ring (bicyclic) bond motifs is 3. The van der Waals surface area contributed by atoms with Gasteiger partial charge in [0.1, 0.15) is 17.0 Å².